The molecule has 1 aliphatic rings. The summed E-state index contributed by atoms with van der Waals surface area (Å²) in [5, 5.41) is 2.70. The highest BCUT2D eigenvalue weighted by Crippen LogP contribution is 2.14. The van der Waals surface area contributed by atoms with Crippen LogP contribution in [0.25, 0.3) is 0 Å². The van der Waals surface area contributed by atoms with E-state index in [1.807, 2.05) is 20.8 Å². The summed E-state index contributed by atoms with van der Waals surface area (Å²) in [7, 11) is 0. The molecular weight excluding hydrogens is 391 g/mol. The maximum Gasteiger partial charge on any atom is 0.410 e. The van der Waals surface area contributed by atoms with E-state index in [0.717, 1.165) is 4.90 Å². The van der Waals surface area contributed by atoms with Crippen molar-refractivity contribution in [1.29, 1.82) is 0 Å². The third-order valence-electron chi connectivity index (χ3n) is 4.94. The Kier molecular flexibility index (Phi) is 8.16. The van der Waals surface area contributed by atoms with Crippen molar-refractivity contribution in [2.45, 2.75) is 33.2 Å². The topological polar surface area (TPSA) is 83.4 Å². The second-order valence-electron chi connectivity index (χ2n) is 8.32. The fourth-order valence-corrected chi connectivity index (χ4v) is 3.28. The molecule has 1 aliphatic heterocycles. The first-order valence-corrected chi connectivity index (χ1v) is 10.2. The number of hydrogen-bond acceptors (Lipinski definition) is 4. The molecule has 1 heterocycles. The Labute approximate surface area is 176 Å². The minimum Gasteiger partial charge on any atom is -0.450 e. The number of rotatable bonds is 6. The summed E-state index contributed by atoms with van der Waals surface area (Å²) in [6, 6.07) is 5.48. The van der Waals surface area contributed by atoms with Gasteiger partial charge in [0, 0.05) is 11.2 Å². The first-order chi connectivity index (χ1) is 14.1. The van der Waals surface area contributed by atoms with Crippen LogP contribution in [0.1, 0.15) is 27.7 Å². The third-order valence-corrected chi connectivity index (χ3v) is 4.94. The van der Waals surface area contributed by atoms with Crippen LogP contribution < -0.4 is 10.2 Å². The van der Waals surface area contributed by atoms with Gasteiger partial charge in [-0.3, -0.25) is 14.5 Å². The molecule has 1 saturated heterocycles. The van der Waals surface area contributed by atoms with Crippen LogP contribution in [0.4, 0.5) is 14.9 Å². The molecule has 1 fully saturated rings. The van der Waals surface area contributed by atoms with E-state index in [1.54, 1.807) is 16.7 Å². The number of ether oxygens (including phenoxy) is 1. The van der Waals surface area contributed by atoms with Crippen molar-refractivity contribution in [3.63, 3.8) is 0 Å². The molecule has 30 heavy (non-hydrogen) atoms. The van der Waals surface area contributed by atoms with Crippen molar-refractivity contribution in [1.82, 2.24) is 9.80 Å². The third kappa shape index (κ3) is 6.98. The molecule has 166 valence electrons. The molecule has 0 saturated carbocycles. The molecule has 0 aliphatic carbocycles. The summed E-state index contributed by atoms with van der Waals surface area (Å²) in [5.74, 6) is -0.853. The number of halogens is 1. The highest BCUT2D eigenvalue weighted by atomic mass is 19.1. The SMILES string of the molecule is CCOC(=O)N1CC[NH+](CC(=O)N(CC(=O)Nc2ccc(F)cc2)C(C)(C)C)CC1. The number of carbonyl (C=O) groups is 3. The molecule has 1 aromatic rings. The van der Waals surface area contributed by atoms with Gasteiger partial charge in [0.25, 0.3) is 5.91 Å². The van der Waals surface area contributed by atoms with Gasteiger partial charge in [0.05, 0.1) is 32.8 Å². The Morgan fingerprint density at radius 2 is 1.77 bits per heavy atom. The lowest BCUT2D eigenvalue weighted by atomic mass is 10.1. The number of piperazine rings is 1. The number of hydrogen-bond donors (Lipinski definition) is 2. The van der Waals surface area contributed by atoms with Gasteiger partial charge in [-0.15, -0.1) is 0 Å². The largest absolute Gasteiger partial charge is 0.450 e. The highest BCUT2D eigenvalue weighted by molar-refractivity contribution is 5.94. The molecule has 0 atom stereocenters. The minimum absolute atomic E-state index is 0.0953. The minimum atomic E-state index is -0.538. The number of amides is 3. The number of nitrogens with zero attached hydrogens (tertiary/aromatic N) is 2. The molecule has 3 amide bonds. The van der Waals surface area contributed by atoms with E-state index in [0.29, 0.717) is 38.5 Å². The Hall–Kier alpha value is -2.68. The van der Waals surface area contributed by atoms with Crippen molar-refractivity contribution < 1.29 is 28.4 Å². The van der Waals surface area contributed by atoms with E-state index < -0.39 is 5.54 Å². The smallest absolute Gasteiger partial charge is 0.410 e. The van der Waals surface area contributed by atoms with Gasteiger partial charge < -0.3 is 19.9 Å². The maximum atomic E-state index is 13.0. The van der Waals surface area contributed by atoms with Crippen LogP contribution >= 0.6 is 0 Å². The molecule has 0 aromatic heterocycles. The normalized spacial score (nSPS) is 14.9. The molecule has 9 heteroatoms. The molecule has 0 radical (unpaired) electrons. The van der Waals surface area contributed by atoms with Crippen LogP contribution in [0.5, 0.6) is 0 Å². The molecule has 2 rings (SSSR count). The van der Waals surface area contributed by atoms with Crippen molar-refractivity contribution in [2.24, 2.45) is 0 Å². The Balaban J connectivity index is 1.92. The summed E-state index contributed by atoms with van der Waals surface area (Å²) >= 11 is 0. The molecule has 8 nitrogen and oxygen atoms in total. The lowest BCUT2D eigenvalue weighted by Gasteiger charge is -2.37. The molecule has 1 aromatic carbocycles. The van der Waals surface area contributed by atoms with Crippen LogP contribution in [0.15, 0.2) is 24.3 Å². The Morgan fingerprint density at radius 3 is 2.30 bits per heavy atom. The van der Waals surface area contributed by atoms with Gasteiger partial charge in [0.15, 0.2) is 6.54 Å². The fourth-order valence-electron chi connectivity index (χ4n) is 3.28. The number of nitrogens with one attached hydrogen (secondary N) is 2. The maximum absolute atomic E-state index is 13.0. The van der Waals surface area contributed by atoms with E-state index in [1.165, 1.54) is 24.3 Å². The molecule has 0 bridgehead atoms. The van der Waals surface area contributed by atoms with Gasteiger partial charge in [0.1, 0.15) is 12.4 Å². The summed E-state index contributed by atoms with van der Waals surface area (Å²) in [5.41, 5.74) is -0.0629. The van der Waals surface area contributed by atoms with Gasteiger partial charge in [-0.1, -0.05) is 0 Å². The van der Waals surface area contributed by atoms with Crippen LogP contribution in [0.3, 0.4) is 0 Å². The number of benzene rings is 1. The van der Waals surface area contributed by atoms with Crippen LogP contribution in [-0.2, 0) is 14.3 Å². The molecule has 0 unspecified atom stereocenters. The fraction of sp³-hybridized carbons (Fsp3) is 0.571. The van der Waals surface area contributed by atoms with E-state index >= 15 is 0 Å². The van der Waals surface area contributed by atoms with Crippen LogP contribution in [-0.4, -0.2) is 79.1 Å². The zero-order valence-corrected chi connectivity index (χ0v) is 18.2. The predicted octanol–water partition coefficient (Wildman–Crippen LogP) is 0.748. The molecular formula is C21H32FN4O4+. The quantitative estimate of drug-likeness (QED) is 0.707. The Morgan fingerprint density at radius 1 is 1.17 bits per heavy atom. The van der Waals surface area contributed by atoms with E-state index in [4.69, 9.17) is 4.74 Å². The van der Waals surface area contributed by atoms with Crippen LogP contribution in [0.2, 0.25) is 0 Å². The number of anilines is 1. The van der Waals surface area contributed by atoms with Crippen molar-refractivity contribution >= 4 is 23.6 Å². The monoisotopic (exact) mass is 423 g/mol. The van der Waals surface area contributed by atoms with E-state index in [-0.39, 0.29) is 36.8 Å². The molecule has 0 spiro atoms. The van der Waals surface area contributed by atoms with Crippen molar-refractivity contribution in [3.8, 4) is 0 Å². The number of carbonyl (C=O) groups excluding carboxylic acids is 3. The van der Waals surface area contributed by atoms with Crippen molar-refractivity contribution in [2.75, 3.05) is 51.2 Å². The predicted molar refractivity (Wildman–Crippen MR) is 111 cm³/mol. The average molecular weight is 424 g/mol. The zero-order valence-electron chi connectivity index (χ0n) is 18.2. The summed E-state index contributed by atoms with van der Waals surface area (Å²) < 4.78 is 18.0. The van der Waals surface area contributed by atoms with Crippen molar-refractivity contribution in [3.05, 3.63) is 30.1 Å². The van der Waals surface area contributed by atoms with E-state index in [2.05, 4.69) is 5.32 Å². The van der Waals surface area contributed by atoms with E-state index in [9.17, 15) is 18.8 Å². The summed E-state index contributed by atoms with van der Waals surface area (Å²) in [4.78, 5) is 41.5. The van der Waals surface area contributed by atoms with Gasteiger partial charge in [-0.25, -0.2) is 9.18 Å². The highest BCUT2D eigenvalue weighted by Gasteiger charge is 2.32. The van der Waals surface area contributed by atoms with Gasteiger partial charge in [-0.05, 0) is 52.0 Å². The van der Waals surface area contributed by atoms with Crippen LogP contribution in [0, 0.1) is 5.82 Å². The second kappa shape index (κ2) is 10.4. The summed E-state index contributed by atoms with van der Waals surface area (Å²) in [6.45, 7) is 10.2. The first-order valence-electron chi connectivity index (χ1n) is 10.2. The lowest BCUT2D eigenvalue weighted by Crippen LogP contribution is -3.16. The zero-order chi connectivity index (χ0) is 22.3. The average Bonchev–Trinajstić information content (AvgIpc) is 2.67. The number of quaternary nitrogens is 1. The Bertz CT molecular complexity index is 740. The first kappa shape index (κ1) is 23.6. The lowest BCUT2D eigenvalue weighted by molar-refractivity contribution is -0.896. The molecule has 2 N–H and O–H groups in total. The summed E-state index contributed by atoms with van der Waals surface area (Å²) in [6.07, 6.45) is -0.323. The van der Waals surface area contributed by atoms with Gasteiger partial charge >= 0.3 is 6.09 Å². The van der Waals surface area contributed by atoms with Gasteiger partial charge in [-0.2, -0.15) is 0 Å². The van der Waals surface area contributed by atoms with Gasteiger partial charge in [0.2, 0.25) is 5.91 Å². The second-order valence-corrected chi connectivity index (χ2v) is 8.32. The standard InChI is InChI=1S/C21H31FN4O4/c1-5-30-20(29)25-12-10-24(11-13-25)15-19(28)26(21(2,3)4)14-18(27)23-17-8-6-16(22)7-9-17/h6-9H,5,10-15H2,1-4H3,(H,23,27)/p+1.